The quantitative estimate of drug-likeness (QED) is 0.720. The fourth-order valence-corrected chi connectivity index (χ4v) is 3.42. The maximum absolute atomic E-state index is 12.2. The van der Waals surface area contributed by atoms with Crippen LogP contribution in [0.5, 0.6) is 0 Å². The summed E-state index contributed by atoms with van der Waals surface area (Å²) >= 11 is 3.39. The Morgan fingerprint density at radius 1 is 1.29 bits per heavy atom. The van der Waals surface area contributed by atoms with Crippen LogP contribution in [0, 0.1) is 0 Å². The molecule has 152 valence electrons. The predicted octanol–water partition coefficient (Wildman–Crippen LogP) is 3.39. The van der Waals surface area contributed by atoms with Crippen molar-refractivity contribution in [2.45, 2.75) is 50.6 Å². The Morgan fingerprint density at radius 3 is 2.64 bits per heavy atom. The molecule has 0 unspecified atom stereocenters. The van der Waals surface area contributed by atoms with Crippen molar-refractivity contribution in [3.63, 3.8) is 0 Å². The van der Waals surface area contributed by atoms with E-state index in [1.807, 2.05) is 31.5 Å². The van der Waals surface area contributed by atoms with Crippen molar-refractivity contribution in [1.29, 1.82) is 0 Å². The summed E-state index contributed by atoms with van der Waals surface area (Å²) in [6.45, 7) is 6.91. The minimum atomic E-state index is -0.483. The average Bonchev–Trinajstić information content (AvgIpc) is 3.11. The molecule has 8 nitrogen and oxygen atoms in total. The second-order valence-electron chi connectivity index (χ2n) is 7.90. The molecule has 0 atom stereocenters. The highest BCUT2D eigenvalue weighted by Crippen LogP contribution is 2.24. The number of aromatic nitrogens is 3. The van der Waals surface area contributed by atoms with Crippen LogP contribution in [0.3, 0.4) is 0 Å². The number of alkyl halides is 1. The van der Waals surface area contributed by atoms with Crippen molar-refractivity contribution in [1.82, 2.24) is 19.1 Å². The average molecular weight is 452 g/mol. The molecule has 28 heavy (non-hydrogen) atoms. The fourth-order valence-electron chi connectivity index (χ4n) is 3.09. The lowest BCUT2D eigenvalue weighted by Gasteiger charge is -2.33. The molecule has 1 fully saturated rings. The number of nitrogens with one attached hydrogen (secondary N) is 1. The third-order valence-corrected chi connectivity index (χ3v) is 5.15. The standard InChI is InChI=1S/C19H26BrN5O3/c1-19(2,3)28-18(27)23-8-6-15(7-9-23)24-12-16(21-13-24)22-25-11-14(10-20)4-5-17(25)26/h4-5,11-13,15,22H,6-10H2,1-3H3. The Labute approximate surface area is 172 Å². The molecule has 3 heterocycles. The normalized spacial score (nSPS) is 15.5. The maximum Gasteiger partial charge on any atom is 0.410 e. The Morgan fingerprint density at radius 2 is 2.00 bits per heavy atom. The molecule has 0 radical (unpaired) electrons. The molecule has 1 N–H and O–H groups in total. The van der Waals surface area contributed by atoms with Gasteiger partial charge in [-0.05, 0) is 39.2 Å². The van der Waals surface area contributed by atoms with Gasteiger partial charge in [0.2, 0.25) is 0 Å². The molecule has 0 aliphatic carbocycles. The summed E-state index contributed by atoms with van der Waals surface area (Å²) in [6.07, 6.45) is 6.79. The van der Waals surface area contributed by atoms with Gasteiger partial charge in [0.25, 0.3) is 5.56 Å². The molecule has 1 aliphatic rings. The Kier molecular flexibility index (Phi) is 6.12. The molecule has 0 bridgehead atoms. The molecule has 2 aromatic heterocycles. The van der Waals surface area contributed by atoms with E-state index in [0.29, 0.717) is 24.2 Å². The first-order valence-electron chi connectivity index (χ1n) is 9.31. The van der Waals surface area contributed by atoms with Gasteiger partial charge >= 0.3 is 6.09 Å². The largest absolute Gasteiger partial charge is 0.444 e. The van der Waals surface area contributed by atoms with E-state index in [0.717, 1.165) is 18.4 Å². The molecule has 1 saturated heterocycles. The zero-order chi connectivity index (χ0) is 20.3. The van der Waals surface area contributed by atoms with Gasteiger partial charge in [-0.1, -0.05) is 22.0 Å². The zero-order valence-electron chi connectivity index (χ0n) is 16.4. The van der Waals surface area contributed by atoms with Gasteiger partial charge in [-0.15, -0.1) is 0 Å². The summed E-state index contributed by atoms with van der Waals surface area (Å²) in [5.41, 5.74) is 3.38. The minimum absolute atomic E-state index is 0.148. The molecule has 0 spiro atoms. The Balaban J connectivity index is 1.60. The second kappa shape index (κ2) is 8.38. The number of carbonyl (C=O) groups is 1. The maximum atomic E-state index is 12.2. The first kappa shape index (κ1) is 20.4. The number of hydrogen-bond donors (Lipinski definition) is 1. The van der Waals surface area contributed by atoms with Crippen molar-refractivity contribution < 1.29 is 9.53 Å². The van der Waals surface area contributed by atoms with Crippen LogP contribution in [0.15, 0.2) is 35.6 Å². The van der Waals surface area contributed by atoms with E-state index >= 15 is 0 Å². The van der Waals surface area contributed by atoms with Crippen molar-refractivity contribution in [2.75, 3.05) is 18.5 Å². The highest BCUT2D eigenvalue weighted by atomic mass is 79.9. The van der Waals surface area contributed by atoms with Gasteiger partial charge in [0, 0.05) is 42.9 Å². The molecular weight excluding hydrogens is 426 g/mol. The number of carbonyl (C=O) groups excluding carboxylic acids is 1. The minimum Gasteiger partial charge on any atom is -0.444 e. The Hall–Kier alpha value is -2.29. The van der Waals surface area contributed by atoms with Gasteiger partial charge in [0.05, 0.1) is 6.33 Å². The van der Waals surface area contributed by atoms with Crippen molar-refractivity contribution in [2.24, 2.45) is 0 Å². The van der Waals surface area contributed by atoms with E-state index in [-0.39, 0.29) is 17.7 Å². The number of likely N-dealkylation sites (tertiary alicyclic amines) is 1. The molecule has 0 aromatic carbocycles. The second-order valence-corrected chi connectivity index (χ2v) is 8.46. The summed E-state index contributed by atoms with van der Waals surface area (Å²) < 4.78 is 8.90. The van der Waals surface area contributed by atoms with Gasteiger partial charge < -0.3 is 14.2 Å². The lowest BCUT2D eigenvalue weighted by molar-refractivity contribution is 0.0188. The fraction of sp³-hybridized carbons (Fsp3) is 0.526. The Bertz CT molecular complexity index is 878. The number of rotatable bonds is 4. The summed E-state index contributed by atoms with van der Waals surface area (Å²) in [4.78, 5) is 30.3. The summed E-state index contributed by atoms with van der Waals surface area (Å²) in [6, 6.07) is 3.56. The molecular formula is C19H26BrN5O3. The lowest BCUT2D eigenvalue weighted by Crippen LogP contribution is -2.42. The van der Waals surface area contributed by atoms with Crippen LogP contribution >= 0.6 is 15.9 Å². The third kappa shape index (κ3) is 5.15. The smallest absolute Gasteiger partial charge is 0.410 e. The molecule has 2 aromatic rings. The van der Waals surface area contributed by atoms with Crippen LogP contribution in [0.2, 0.25) is 0 Å². The van der Waals surface area contributed by atoms with Gasteiger partial charge in [0.15, 0.2) is 5.82 Å². The van der Waals surface area contributed by atoms with Crippen molar-refractivity contribution in [3.8, 4) is 0 Å². The zero-order valence-corrected chi connectivity index (χ0v) is 18.0. The summed E-state index contributed by atoms with van der Waals surface area (Å²) in [7, 11) is 0. The van der Waals surface area contributed by atoms with E-state index in [1.54, 1.807) is 23.5 Å². The van der Waals surface area contributed by atoms with Crippen LogP contribution in [-0.4, -0.2) is 43.9 Å². The lowest BCUT2D eigenvalue weighted by atomic mass is 10.1. The highest BCUT2D eigenvalue weighted by molar-refractivity contribution is 9.08. The number of hydrogen-bond acceptors (Lipinski definition) is 5. The molecule has 3 rings (SSSR count). The third-order valence-electron chi connectivity index (χ3n) is 4.50. The first-order valence-corrected chi connectivity index (χ1v) is 10.4. The number of anilines is 1. The predicted molar refractivity (Wildman–Crippen MR) is 111 cm³/mol. The van der Waals surface area contributed by atoms with E-state index in [2.05, 4.69) is 26.3 Å². The number of ether oxygens (including phenoxy) is 1. The summed E-state index contributed by atoms with van der Waals surface area (Å²) in [5, 5.41) is 0.666. The molecule has 1 amide bonds. The van der Waals surface area contributed by atoms with Gasteiger partial charge in [-0.2, -0.15) is 0 Å². The summed E-state index contributed by atoms with van der Waals surface area (Å²) in [5.74, 6) is 0.600. The van der Waals surface area contributed by atoms with Crippen LogP contribution < -0.4 is 11.0 Å². The van der Waals surface area contributed by atoms with E-state index < -0.39 is 5.60 Å². The molecule has 9 heteroatoms. The number of imidazole rings is 1. The highest BCUT2D eigenvalue weighted by Gasteiger charge is 2.27. The number of piperidine rings is 1. The SMILES string of the molecule is CC(C)(C)OC(=O)N1CCC(n2cnc(Nn3cc(CBr)ccc3=O)c2)CC1. The first-order chi connectivity index (χ1) is 13.2. The van der Waals surface area contributed by atoms with E-state index in [9.17, 15) is 9.59 Å². The number of pyridine rings is 1. The van der Waals surface area contributed by atoms with Crippen LogP contribution in [0.1, 0.15) is 45.2 Å². The topological polar surface area (TPSA) is 81.4 Å². The van der Waals surface area contributed by atoms with Crippen LogP contribution in [-0.2, 0) is 10.1 Å². The number of nitrogens with zero attached hydrogens (tertiary/aromatic N) is 4. The monoisotopic (exact) mass is 451 g/mol. The van der Waals surface area contributed by atoms with Gasteiger partial charge in [-0.25, -0.2) is 14.5 Å². The van der Waals surface area contributed by atoms with Crippen LogP contribution in [0.25, 0.3) is 0 Å². The van der Waals surface area contributed by atoms with Crippen LogP contribution in [0.4, 0.5) is 10.6 Å². The van der Waals surface area contributed by atoms with E-state index in [1.165, 1.54) is 10.7 Å². The van der Waals surface area contributed by atoms with E-state index in [4.69, 9.17) is 4.74 Å². The van der Waals surface area contributed by atoms with Gasteiger partial charge in [0.1, 0.15) is 5.60 Å². The van der Waals surface area contributed by atoms with Crippen molar-refractivity contribution in [3.05, 3.63) is 46.8 Å². The van der Waals surface area contributed by atoms with Gasteiger partial charge in [-0.3, -0.25) is 10.2 Å². The molecule has 1 aliphatic heterocycles. The number of halogens is 1. The van der Waals surface area contributed by atoms with Crippen molar-refractivity contribution >= 4 is 27.8 Å². The molecule has 0 saturated carbocycles. The number of amides is 1.